The fourth-order valence-corrected chi connectivity index (χ4v) is 2.35. The van der Waals surface area contributed by atoms with Gasteiger partial charge in [-0.15, -0.1) is 0 Å². The van der Waals surface area contributed by atoms with Crippen molar-refractivity contribution in [1.29, 1.82) is 0 Å². The zero-order valence-corrected chi connectivity index (χ0v) is 12.4. The molecule has 1 fully saturated rings. The van der Waals surface area contributed by atoms with Crippen LogP contribution < -0.4 is 14.9 Å². The molecule has 2 aliphatic rings. The Kier molecular flexibility index (Phi) is 3.57. The Balaban J connectivity index is 1.80. The Hall–Kier alpha value is -2.04. The first-order valence-corrected chi connectivity index (χ1v) is 7.22. The summed E-state index contributed by atoms with van der Waals surface area (Å²) in [6.45, 7) is 2.92. The van der Waals surface area contributed by atoms with Crippen molar-refractivity contribution in [2.45, 2.75) is 32.1 Å². The van der Waals surface area contributed by atoms with Crippen LogP contribution in [0.4, 0.5) is 0 Å². The van der Waals surface area contributed by atoms with E-state index in [-0.39, 0.29) is 11.8 Å². The van der Waals surface area contributed by atoms with Crippen LogP contribution >= 0.6 is 0 Å². The third-order valence-corrected chi connectivity index (χ3v) is 4.14. The third-order valence-electron chi connectivity index (χ3n) is 4.14. The molecule has 0 bridgehead atoms. The third kappa shape index (κ3) is 3.17. The molecule has 3 rings (SSSR count). The van der Waals surface area contributed by atoms with E-state index in [0.717, 1.165) is 17.1 Å². The van der Waals surface area contributed by atoms with E-state index in [2.05, 4.69) is 17.5 Å². The summed E-state index contributed by atoms with van der Waals surface area (Å²) in [4.78, 5) is 11.4. The molecule has 1 aromatic rings. The molecule has 5 nitrogen and oxygen atoms in total. The first-order valence-electron chi connectivity index (χ1n) is 7.22. The number of nitrogens with zero attached hydrogens (tertiary/aromatic N) is 1. The van der Waals surface area contributed by atoms with E-state index in [4.69, 9.17) is 9.47 Å². The van der Waals surface area contributed by atoms with Gasteiger partial charge in [-0.25, -0.2) is 5.43 Å². The average molecular weight is 288 g/mol. The van der Waals surface area contributed by atoms with Gasteiger partial charge in [0.05, 0.1) is 13.7 Å². The summed E-state index contributed by atoms with van der Waals surface area (Å²) in [6, 6.07) is 5.81. The number of hydrogen-bond acceptors (Lipinski definition) is 4. The number of hydrogen-bond donors (Lipinski definition) is 1. The lowest BCUT2D eigenvalue weighted by molar-refractivity contribution is -0.121. The number of methoxy groups -OCH3 is 1. The standard InChI is InChI=1S/C16H20N2O3/c1-16(5-6-16)10-21-14-7-11(3-4-13(14)20-2)12-8-15(19)18-17-9-12/h3-4,7,9,12H,5-6,8,10H2,1-2H3,(H,18,19). The van der Waals surface area contributed by atoms with Crippen molar-refractivity contribution in [3.05, 3.63) is 23.8 Å². The summed E-state index contributed by atoms with van der Waals surface area (Å²) in [5.41, 5.74) is 3.78. The van der Waals surface area contributed by atoms with Crippen molar-refractivity contribution in [2.24, 2.45) is 10.5 Å². The smallest absolute Gasteiger partial charge is 0.241 e. The predicted molar refractivity (Wildman–Crippen MR) is 79.8 cm³/mol. The molecule has 1 aliphatic heterocycles. The number of nitrogens with one attached hydrogen (secondary N) is 1. The highest BCUT2D eigenvalue weighted by Crippen LogP contribution is 2.45. The monoisotopic (exact) mass is 288 g/mol. The zero-order chi connectivity index (χ0) is 14.9. The van der Waals surface area contributed by atoms with Crippen LogP contribution in [0.5, 0.6) is 11.5 Å². The minimum atomic E-state index is -0.0636. The number of rotatable bonds is 5. The van der Waals surface area contributed by atoms with E-state index in [1.165, 1.54) is 12.8 Å². The molecule has 0 spiro atoms. The van der Waals surface area contributed by atoms with Gasteiger partial charge in [-0.1, -0.05) is 13.0 Å². The number of hydrazone groups is 1. The molecular formula is C16H20N2O3. The van der Waals surface area contributed by atoms with Crippen molar-refractivity contribution in [1.82, 2.24) is 5.43 Å². The normalized spacial score (nSPS) is 22.6. The fraction of sp³-hybridized carbons (Fsp3) is 0.500. The van der Waals surface area contributed by atoms with Crippen LogP contribution in [0.15, 0.2) is 23.3 Å². The summed E-state index contributed by atoms with van der Waals surface area (Å²) in [5.74, 6) is 1.39. The molecule has 1 unspecified atom stereocenters. The minimum Gasteiger partial charge on any atom is -0.493 e. The highest BCUT2D eigenvalue weighted by molar-refractivity contribution is 5.86. The molecule has 5 heteroatoms. The second-order valence-electron chi connectivity index (χ2n) is 6.13. The van der Waals surface area contributed by atoms with Gasteiger partial charge in [-0.3, -0.25) is 4.79 Å². The fourth-order valence-electron chi connectivity index (χ4n) is 2.35. The van der Waals surface area contributed by atoms with Crippen LogP contribution in [-0.2, 0) is 4.79 Å². The Morgan fingerprint density at radius 1 is 1.38 bits per heavy atom. The number of ether oxygens (including phenoxy) is 2. The minimum absolute atomic E-state index is 0.0106. The van der Waals surface area contributed by atoms with Gasteiger partial charge in [0.1, 0.15) is 0 Å². The molecule has 1 aromatic carbocycles. The van der Waals surface area contributed by atoms with Crippen LogP contribution in [0.2, 0.25) is 0 Å². The molecule has 1 saturated carbocycles. The summed E-state index contributed by atoms with van der Waals surface area (Å²) in [5, 5.41) is 3.89. The van der Waals surface area contributed by atoms with Crippen molar-refractivity contribution in [3.63, 3.8) is 0 Å². The molecule has 112 valence electrons. The molecule has 1 N–H and O–H groups in total. The summed E-state index contributed by atoms with van der Waals surface area (Å²) >= 11 is 0. The Morgan fingerprint density at radius 3 is 2.86 bits per heavy atom. The maximum atomic E-state index is 11.4. The number of benzene rings is 1. The predicted octanol–water partition coefficient (Wildman–Crippen LogP) is 2.46. The number of amides is 1. The van der Waals surface area contributed by atoms with Gasteiger partial charge in [0, 0.05) is 24.0 Å². The molecule has 1 heterocycles. The lowest BCUT2D eigenvalue weighted by Gasteiger charge is -2.19. The van der Waals surface area contributed by atoms with Gasteiger partial charge < -0.3 is 9.47 Å². The largest absolute Gasteiger partial charge is 0.493 e. The second kappa shape index (κ2) is 5.39. The van der Waals surface area contributed by atoms with Crippen LogP contribution in [0.1, 0.15) is 37.7 Å². The lowest BCUT2D eigenvalue weighted by atomic mass is 9.95. The number of carbonyl (C=O) groups is 1. The molecule has 1 atom stereocenters. The van der Waals surface area contributed by atoms with E-state index in [1.54, 1.807) is 13.3 Å². The summed E-state index contributed by atoms with van der Waals surface area (Å²) < 4.78 is 11.3. The highest BCUT2D eigenvalue weighted by atomic mass is 16.5. The van der Waals surface area contributed by atoms with Gasteiger partial charge in [0.15, 0.2) is 11.5 Å². The highest BCUT2D eigenvalue weighted by Gasteiger charge is 2.38. The van der Waals surface area contributed by atoms with E-state index in [0.29, 0.717) is 18.4 Å². The summed E-state index contributed by atoms with van der Waals surface area (Å²) in [6.07, 6.45) is 4.59. The van der Waals surface area contributed by atoms with Crippen molar-refractivity contribution in [2.75, 3.05) is 13.7 Å². The van der Waals surface area contributed by atoms with Gasteiger partial charge in [-0.05, 0) is 30.5 Å². The van der Waals surface area contributed by atoms with E-state index >= 15 is 0 Å². The molecule has 0 saturated heterocycles. The molecule has 1 aliphatic carbocycles. The Bertz CT molecular complexity index is 579. The van der Waals surface area contributed by atoms with Crippen molar-refractivity contribution >= 4 is 12.1 Å². The lowest BCUT2D eigenvalue weighted by Crippen LogP contribution is -2.26. The Morgan fingerprint density at radius 2 is 2.19 bits per heavy atom. The van der Waals surface area contributed by atoms with Gasteiger partial charge in [0.2, 0.25) is 5.91 Å². The second-order valence-corrected chi connectivity index (χ2v) is 6.13. The maximum absolute atomic E-state index is 11.4. The number of carbonyl (C=O) groups excluding carboxylic acids is 1. The first-order chi connectivity index (χ1) is 10.1. The van der Waals surface area contributed by atoms with Gasteiger partial charge in [0.25, 0.3) is 0 Å². The molecule has 0 radical (unpaired) electrons. The summed E-state index contributed by atoms with van der Waals surface area (Å²) in [7, 11) is 1.64. The SMILES string of the molecule is COc1ccc(C2C=NNC(=O)C2)cc1OCC1(C)CC1. The first kappa shape index (κ1) is 13.9. The Labute approximate surface area is 124 Å². The van der Waals surface area contributed by atoms with Crippen LogP contribution in [0.3, 0.4) is 0 Å². The maximum Gasteiger partial charge on any atom is 0.241 e. The quantitative estimate of drug-likeness (QED) is 0.905. The molecule has 0 aromatic heterocycles. The van der Waals surface area contributed by atoms with Gasteiger partial charge in [-0.2, -0.15) is 5.10 Å². The zero-order valence-electron chi connectivity index (χ0n) is 12.4. The van der Waals surface area contributed by atoms with E-state index < -0.39 is 0 Å². The van der Waals surface area contributed by atoms with Crippen LogP contribution in [0, 0.1) is 5.41 Å². The molecule has 21 heavy (non-hydrogen) atoms. The van der Waals surface area contributed by atoms with Crippen LogP contribution in [0.25, 0.3) is 0 Å². The average Bonchev–Trinajstić information content (AvgIpc) is 3.23. The van der Waals surface area contributed by atoms with E-state index in [1.807, 2.05) is 18.2 Å². The van der Waals surface area contributed by atoms with Crippen molar-refractivity contribution in [3.8, 4) is 11.5 Å². The topological polar surface area (TPSA) is 59.9 Å². The van der Waals surface area contributed by atoms with Crippen LogP contribution in [-0.4, -0.2) is 25.8 Å². The van der Waals surface area contributed by atoms with Crippen molar-refractivity contribution < 1.29 is 14.3 Å². The van der Waals surface area contributed by atoms with Gasteiger partial charge >= 0.3 is 0 Å². The molecular weight excluding hydrogens is 268 g/mol. The van der Waals surface area contributed by atoms with E-state index in [9.17, 15) is 4.79 Å². The molecule has 1 amide bonds.